The molecule has 0 atom stereocenters. The summed E-state index contributed by atoms with van der Waals surface area (Å²) in [6.07, 6.45) is 1.07. The van der Waals surface area contributed by atoms with Crippen molar-refractivity contribution in [1.82, 2.24) is 5.32 Å². The van der Waals surface area contributed by atoms with Gasteiger partial charge in [-0.3, -0.25) is 4.79 Å². The summed E-state index contributed by atoms with van der Waals surface area (Å²) in [7, 11) is 0. The van der Waals surface area contributed by atoms with Crippen LogP contribution in [0.1, 0.15) is 42.6 Å². The van der Waals surface area contributed by atoms with Crippen molar-refractivity contribution in [2.24, 2.45) is 0 Å². The second kappa shape index (κ2) is 6.02. The number of amides is 1. The van der Waals surface area contributed by atoms with Crippen molar-refractivity contribution in [1.29, 1.82) is 0 Å². The summed E-state index contributed by atoms with van der Waals surface area (Å²) >= 11 is 0. The highest BCUT2D eigenvalue weighted by Crippen LogP contribution is 2.18. The number of aliphatic hydroxyl groups is 1. The van der Waals surface area contributed by atoms with Crippen LogP contribution < -0.4 is 11.1 Å². The van der Waals surface area contributed by atoms with E-state index in [1.807, 2.05) is 13.8 Å². The van der Waals surface area contributed by atoms with Gasteiger partial charge in [0.2, 0.25) is 0 Å². The summed E-state index contributed by atoms with van der Waals surface area (Å²) in [5.41, 5.74) is 5.43. The molecule has 0 unspecified atom stereocenters. The minimum Gasteiger partial charge on any atom is -0.398 e. The Kier molecular flexibility index (Phi) is 4.89. The van der Waals surface area contributed by atoms with Crippen LogP contribution in [0.15, 0.2) is 12.1 Å². The second-order valence-corrected chi connectivity index (χ2v) is 4.79. The van der Waals surface area contributed by atoms with E-state index in [9.17, 15) is 14.3 Å². The number of carbonyl (C=O) groups is 1. The first-order chi connectivity index (χ1) is 8.83. The number of benzene rings is 1. The predicted molar refractivity (Wildman–Crippen MR) is 73.4 cm³/mol. The number of nitrogens with two attached hydrogens (primary N) is 1. The van der Waals surface area contributed by atoms with Gasteiger partial charge in [-0.05, 0) is 31.9 Å². The Hall–Kier alpha value is -1.62. The monoisotopic (exact) mass is 268 g/mol. The Bertz CT molecular complexity index is 448. The van der Waals surface area contributed by atoms with E-state index >= 15 is 0 Å². The fourth-order valence-electron chi connectivity index (χ4n) is 1.68. The number of nitrogens with one attached hydrogen (secondary N) is 1. The van der Waals surface area contributed by atoms with E-state index in [1.165, 1.54) is 6.07 Å². The zero-order valence-corrected chi connectivity index (χ0v) is 11.6. The molecule has 0 bridgehead atoms. The number of rotatable bonds is 5. The van der Waals surface area contributed by atoms with Crippen molar-refractivity contribution in [3.63, 3.8) is 0 Å². The molecular formula is C14H21FN2O2. The van der Waals surface area contributed by atoms with E-state index in [0.717, 1.165) is 6.07 Å². The molecule has 106 valence electrons. The number of hydrogen-bond donors (Lipinski definition) is 3. The third-order valence-corrected chi connectivity index (χ3v) is 3.54. The Labute approximate surface area is 112 Å². The number of anilines is 1. The van der Waals surface area contributed by atoms with Crippen molar-refractivity contribution in [2.45, 2.75) is 39.2 Å². The molecule has 0 aliphatic heterocycles. The van der Waals surface area contributed by atoms with Crippen molar-refractivity contribution < 1.29 is 14.3 Å². The van der Waals surface area contributed by atoms with Gasteiger partial charge < -0.3 is 16.2 Å². The topological polar surface area (TPSA) is 75.3 Å². The molecule has 0 fully saturated rings. The minimum atomic E-state index is -0.926. The standard InChI is InChI=1S/C14H21FN2O2/c1-4-14(19,5-2)8-17-13(18)10-6-11(15)9(3)12(16)7-10/h6-7,19H,4-5,8,16H2,1-3H3,(H,17,18). The van der Waals surface area contributed by atoms with Gasteiger partial charge in [-0.1, -0.05) is 13.8 Å². The molecule has 1 amide bonds. The van der Waals surface area contributed by atoms with E-state index in [-0.39, 0.29) is 17.8 Å². The van der Waals surface area contributed by atoms with Gasteiger partial charge in [-0.25, -0.2) is 4.39 Å². The highest BCUT2D eigenvalue weighted by atomic mass is 19.1. The van der Waals surface area contributed by atoms with E-state index < -0.39 is 17.3 Å². The first kappa shape index (κ1) is 15.4. The molecule has 1 rings (SSSR count). The summed E-state index contributed by atoms with van der Waals surface area (Å²) in [4.78, 5) is 11.9. The van der Waals surface area contributed by atoms with Crippen molar-refractivity contribution in [2.75, 3.05) is 12.3 Å². The molecule has 0 spiro atoms. The molecule has 19 heavy (non-hydrogen) atoms. The molecule has 1 aromatic rings. The lowest BCUT2D eigenvalue weighted by molar-refractivity contribution is 0.0314. The Morgan fingerprint density at radius 3 is 2.47 bits per heavy atom. The SMILES string of the molecule is CCC(O)(CC)CNC(=O)c1cc(N)c(C)c(F)c1. The molecule has 0 saturated carbocycles. The maximum atomic E-state index is 13.5. The molecule has 4 nitrogen and oxygen atoms in total. The average Bonchev–Trinajstić information content (AvgIpc) is 2.41. The van der Waals surface area contributed by atoms with Crippen molar-refractivity contribution >= 4 is 11.6 Å². The first-order valence-electron chi connectivity index (χ1n) is 6.39. The second-order valence-electron chi connectivity index (χ2n) is 4.79. The average molecular weight is 268 g/mol. The van der Waals surface area contributed by atoms with Crippen LogP contribution >= 0.6 is 0 Å². The summed E-state index contributed by atoms with van der Waals surface area (Å²) < 4.78 is 13.5. The van der Waals surface area contributed by atoms with Gasteiger partial charge in [0.1, 0.15) is 5.82 Å². The Balaban J connectivity index is 2.80. The van der Waals surface area contributed by atoms with E-state index in [4.69, 9.17) is 5.73 Å². The fraction of sp³-hybridized carbons (Fsp3) is 0.500. The van der Waals surface area contributed by atoms with Crippen LogP contribution in [0.4, 0.5) is 10.1 Å². The van der Waals surface area contributed by atoms with Crippen LogP contribution in [0, 0.1) is 12.7 Å². The number of carbonyl (C=O) groups excluding carboxylic acids is 1. The van der Waals surface area contributed by atoms with E-state index in [2.05, 4.69) is 5.32 Å². The molecule has 5 heteroatoms. The normalized spacial score (nSPS) is 11.4. The number of hydrogen-bond acceptors (Lipinski definition) is 3. The van der Waals surface area contributed by atoms with Gasteiger partial charge >= 0.3 is 0 Å². The predicted octanol–water partition coefficient (Wildman–Crippen LogP) is 2.00. The van der Waals surface area contributed by atoms with Crippen LogP contribution in [0.3, 0.4) is 0 Å². The molecule has 0 aliphatic carbocycles. The Morgan fingerprint density at radius 1 is 1.42 bits per heavy atom. The summed E-state index contributed by atoms with van der Waals surface area (Å²) in [5.74, 6) is -0.947. The number of nitrogen functional groups attached to an aromatic ring is 1. The van der Waals surface area contributed by atoms with Crippen LogP contribution in [0.5, 0.6) is 0 Å². The summed E-state index contributed by atoms with van der Waals surface area (Å²) in [5, 5.41) is 12.7. The maximum Gasteiger partial charge on any atom is 0.251 e. The zero-order valence-electron chi connectivity index (χ0n) is 11.6. The van der Waals surface area contributed by atoms with Gasteiger partial charge in [0.15, 0.2) is 0 Å². The molecule has 0 radical (unpaired) electrons. The van der Waals surface area contributed by atoms with Crippen LogP contribution in [0.2, 0.25) is 0 Å². The molecular weight excluding hydrogens is 247 g/mol. The minimum absolute atomic E-state index is 0.133. The molecule has 0 saturated heterocycles. The quantitative estimate of drug-likeness (QED) is 0.715. The highest BCUT2D eigenvalue weighted by Gasteiger charge is 2.23. The third-order valence-electron chi connectivity index (χ3n) is 3.54. The van der Waals surface area contributed by atoms with Crippen LogP contribution in [-0.4, -0.2) is 23.2 Å². The molecule has 1 aromatic carbocycles. The molecule has 0 aliphatic rings. The van der Waals surface area contributed by atoms with Gasteiger partial charge in [0.05, 0.1) is 5.60 Å². The largest absolute Gasteiger partial charge is 0.398 e. The molecule has 0 aromatic heterocycles. The first-order valence-corrected chi connectivity index (χ1v) is 6.39. The lowest BCUT2D eigenvalue weighted by atomic mass is 9.97. The van der Waals surface area contributed by atoms with Crippen LogP contribution in [0.25, 0.3) is 0 Å². The zero-order chi connectivity index (χ0) is 14.6. The van der Waals surface area contributed by atoms with Gasteiger partial charge in [0.25, 0.3) is 5.91 Å². The van der Waals surface area contributed by atoms with Gasteiger partial charge in [-0.15, -0.1) is 0 Å². The lowest BCUT2D eigenvalue weighted by Gasteiger charge is -2.25. The fourth-order valence-corrected chi connectivity index (χ4v) is 1.68. The van der Waals surface area contributed by atoms with E-state index in [0.29, 0.717) is 18.4 Å². The van der Waals surface area contributed by atoms with E-state index in [1.54, 1.807) is 6.92 Å². The smallest absolute Gasteiger partial charge is 0.251 e. The molecule has 0 heterocycles. The van der Waals surface area contributed by atoms with Crippen LogP contribution in [-0.2, 0) is 0 Å². The van der Waals surface area contributed by atoms with Gasteiger partial charge in [0, 0.05) is 23.4 Å². The van der Waals surface area contributed by atoms with Gasteiger partial charge in [-0.2, -0.15) is 0 Å². The summed E-state index contributed by atoms with van der Waals surface area (Å²) in [6, 6.07) is 2.59. The Morgan fingerprint density at radius 2 is 2.00 bits per heavy atom. The van der Waals surface area contributed by atoms with Crippen molar-refractivity contribution in [3.05, 3.63) is 29.1 Å². The molecule has 4 N–H and O–H groups in total. The van der Waals surface area contributed by atoms with Crippen molar-refractivity contribution in [3.8, 4) is 0 Å². The maximum absolute atomic E-state index is 13.5. The third kappa shape index (κ3) is 3.67. The number of halogens is 1. The summed E-state index contributed by atoms with van der Waals surface area (Å²) in [6.45, 7) is 5.38. The lowest BCUT2D eigenvalue weighted by Crippen LogP contribution is -2.42. The highest BCUT2D eigenvalue weighted by molar-refractivity contribution is 5.95.